The van der Waals surface area contributed by atoms with Crippen molar-refractivity contribution >= 4 is 17.9 Å². The van der Waals surface area contributed by atoms with Crippen molar-refractivity contribution in [2.45, 2.75) is 51.6 Å². The number of carboxylic acid groups (broad SMARTS) is 1. The highest BCUT2D eigenvalue weighted by molar-refractivity contribution is 5.85. The van der Waals surface area contributed by atoms with Crippen LogP contribution in [0.5, 0.6) is 0 Å². The Labute approximate surface area is 136 Å². The lowest BCUT2D eigenvalue weighted by molar-refractivity contribution is -0.128. The lowest BCUT2D eigenvalue weighted by Gasteiger charge is -2.27. The van der Waals surface area contributed by atoms with Gasteiger partial charge in [-0.15, -0.1) is 0 Å². The van der Waals surface area contributed by atoms with Gasteiger partial charge in [0.1, 0.15) is 6.04 Å². The van der Waals surface area contributed by atoms with Crippen LogP contribution < -0.4 is 16.0 Å². The van der Waals surface area contributed by atoms with E-state index in [2.05, 4.69) is 16.0 Å². The molecule has 3 atom stereocenters. The van der Waals surface area contributed by atoms with Gasteiger partial charge in [0.25, 0.3) is 0 Å². The average Bonchev–Trinajstić information content (AvgIpc) is 2.47. The monoisotopic (exact) mass is 329 g/mol. The minimum Gasteiger partial charge on any atom is -0.465 e. The van der Waals surface area contributed by atoms with Crippen LogP contribution in [0.25, 0.3) is 0 Å². The quantitative estimate of drug-likeness (QED) is 0.430. The van der Waals surface area contributed by atoms with Gasteiger partial charge in [-0.1, -0.05) is 13.8 Å². The molecule has 8 heteroatoms. The number of aliphatic hydroxyl groups excluding tert-OH is 1. The fourth-order valence-electron chi connectivity index (χ4n) is 2.74. The molecule has 0 bridgehead atoms. The van der Waals surface area contributed by atoms with Gasteiger partial charge in [-0.25, -0.2) is 4.79 Å². The van der Waals surface area contributed by atoms with Crippen molar-refractivity contribution in [3.05, 3.63) is 0 Å². The molecule has 0 aliphatic carbocycles. The molecule has 3 amide bonds. The van der Waals surface area contributed by atoms with E-state index in [1.807, 2.05) is 13.8 Å². The maximum Gasteiger partial charge on any atom is 0.405 e. The molecule has 0 unspecified atom stereocenters. The number of rotatable bonds is 8. The second-order valence-electron chi connectivity index (χ2n) is 6.39. The highest BCUT2D eigenvalue weighted by Gasteiger charge is 2.28. The van der Waals surface area contributed by atoms with Crippen molar-refractivity contribution in [2.75, 3.05) is 13.2 Å². The highest BCUT2D eigenvalue weighted by atomic mass is 16.4. The third-order valence-corrected chi connectivity index (χ3v) is 3.86. The standard InChI is InChI=1S/C15H27N3O5/c1-9(2)6-12(18-15(22)23)14(21)17-11(8-19)7-10-4-3-5-16-13(10)20/h9-12,18-19H,3-8H2,1-2H3,(H,16,20)(H,17,21)(H,22,23)/t10-,11-,12-/m0/s1. The molecule has 23 heavy (non-hydrogen) atoms. The molecule has 1 fully saturated rings. The number of carbonyl (C=O) groups excluding carboxylic acids is 2. The van der Waals surface area contributed by atoms with E-state index in [4.69, 9.17) is 5.11 Å². The summed E-state index contributed by atoms with van der Waals surface area (Å²) < 4.78 is 0. The normalized spacial score (nSPS) is 20.5. The zero-order chi connectivity index (χ0) is 17.4. The van der Waals surface area contributed by atoms with E-state index in [1.54, 1.807) is 0 Å². The van der Waals surface area contributed by atoms with Crippen LogP contribution in [0.2, 0.25) is 0 Å². The smallest absolute Gasteiger partial charge is 0.405 e. The topological polar surface area (TPSA) is 128 Å². The Balaban J connectivity index is 2.61. The molecule has 1 aliphatic heterocycles. The van der Waals surface area contributed by atoms with Gasteiger partial charge in [-0.2, -0.15) is 0 Å². The van der Waals surface area contributed by atoms with E-state index in [0.717, 1.165) is 12.8 Å². The molecule has 0 radical (unpaired) electrons. The van der Waals surface area contributed by atoms with Gasteiger partial charge in [0.2, 0.25) is 11.8 Å². The first-order valence-corrected chi connectivity index (χ1v) is 8.01. The SMILES string of the molecule is CC(C)C[C@H](NC(=O)O)C(=O)N[C@H](CO)C[C@@H]1CCCNC1=O. The summed E-state index contributed by atoms with van der Waals surface area (Å²) in [6.45, 7) is 4.14. The Morgan fingerprint density at radius 3 is 2.57 bits per heavy atom. The lowest BCUT2D eigenvalue weighted by Crippen LogP contribution is -2.51. The zero-order valence-corrected chi connectivity index (χ0v) is 13.7. The Kier molecular flexibility index (Phi) is 7.80. The Morgan fingerprint density at radius 2 is 2.04 bits per heavy atom. The molecular weight excluding hydrogens is 302 g/mol. The maximum absolute atomic E-state index is 12.3. The summed E-state index contributed by atoms with van der Waals surface area (Å²) in [5.74, 6) is -0.644. The van der Waals surface area contributed by atoms with Crippen molar-refractivity contribution in [1.82, 2.24) is 16.0 Å². The minimum absolute atomic E-state index is 0.0636. The van der Waals surface area contributed by atoms with Gasteiger partial charge in [0, 0.05) is 12.5 Å². The molecule has 0 aromatic carbocycles. The molecule has 0 aromatic heterocycles. The van der Waals surface area contributed by atoms with Gasteiger partial charge in [0.05, 0.1) is 12.6 Å². The molecule has 0 spiro atoms. The Morgan fingerprint density at radius 1 is 1.35 bits per heavy atom. The molecule has 1 rings (SSSR count). The summed E-state index contributed by atoms with van der Waals surface area (Å²) in [6, 6.07) is -1.44. The first-order chi connectivity index (χ1) is 10.8. The van der Waals surface area contributed by atoms with E-state index < -0.39 is 24.1 Å². The van der Waals surface area contributed by atoms with Crippen molar-refractivity contribution in [3.63, 3.8) is 0 Å². The van der Waals surface area contributed by atoms with Gasteiger partial charge >= 0.3 is 6.09 Å². The number of nitrogens with one attached hydrogen (secondary N) is 3. The van der Waals surface area contributed by atoms with Crippen LogP contribution in [0.1, 0.15) is 39.5 Å². The van der Waals surface area contributed by atoms with Crippen LogP contribution in [-0.2, 0) is 9.59 Å². The third kappa shape index (κ3) is 6.85. The first kappa shape index (κ1) is 19.2. The van der Waals surface area contributed by atoms with Crippen molar-refractivity contribution in [1.29, 1.82) is 0 Å². The van der Waals surface area contributed by atoms with Crippen LogP contribution in [-0.4, -0.2) is 53.4 Å². The molecule has 1 aliphatic rings. The van der Waals surface area contributed by atoms with Crippen LogP contribution in [0.4, 0.5) is 4.79 Å². The third-order valence-electron chi connectivity index (χ3n) is 3.86. The number of hydrogen-bond acceptors (Lipinski definition) is 4. The van der Waals surface area contributed by atoms with Crippen LogP contribution >= 0.6 is 0 Å². The molecule has 5 N–H and O–H groups in total. The average molecular weight is 329 g/mol. The summed E-state index contributed by atoms with van der Waals surface area (Å²) in [5, 5.41) is 25.9. The first-order valence-electron chi connectivity index (χ1n) is 8.01. The van der Waals surface area contributed by atoms with Crippen molar-refractivity contribution in [2.24, 2.45) is 11.8 Å². The summed E-state index contributed by atoms with van der Waals surface area (Å²) >= 11 is 0. The molecular formula is C15H27N3O5. The number of hydrogen-bond donors (Lipinski definition) is 5. The van der Waals surface area contributed by atoms with Crippen LogP contribution in [0, 0.1) is 11.8 Å². The maximum atomic E-state index is 12.3. The van der Waals surface area contributed by atoms with Crippen LogP contribution in [0.3, 0.4) is 0 Å². The number of aliphatic hydroxyl groups is 1. The number of piperidine rings is 1. The van der Waals surface area contributed by atoms with Gasteiger partial charge in [-0.05, 0) is 31.6 Å². The second-order valence-corrected chi connectivity index (χ2v) is 6.39. The lowest BCUT2D eigenvalue weighted by atomic mass is 9.91. The molecule has 0 aromatic rings. The molecule has 1 heterocycles. The van der Waals surface area contributed by atoms with E-state index in [9.17, 15) is 19.5 Å². The highest BCUT2D eigenvalue weighted by Crippen LogP contribution is 2.17. The van der Waals surface area contributed by atoms with Crippen LogP contribution in [0.15, 0.2) is 0 Å². The molecule has 132 valence electrons. The predicted molar refractivity (Wildman–Crippen MR) is 83.8 cm³/mol. The summed E-state index contributed by atoms with van der Waals surface area (Å²) in [5.41, 5.74) is 0. The molecule has 8 nitrogen and oxygen atoms in total. The Hall–Kier alpha value is -1.83. The molecule has 1 saturated heterocycles. The van der Waals surface area contributed by atoms with Gasteiger partial charge < -0.3 is 26.2 Å². The number of amides is 3. The fourth-order valence-corrected chi connectivity index (χ4v) is 2.74. The Bertz CT molecular complexity index is 427. The summed E-state index contributed by atoms with van der Waals surface area (Å²) in [7, 11) is 0. The van der Waals surface area contributed by atoms with E-state index in [-0.39, 0.29) is 24.3 Å². The molecule has 0 saturated carbocycles. The second kappa shape index (κ2) is 9.34. The fraction of sp³-hybridized carbons (Fsp3) is 0.800. The summed E-state index contributed by atoms with van der Waals surface area (Å²) in [6.07, 6.45) is 1.04. The predicted octanol–water partition coefficient (Wildman–Crippen LogP) is 0.0621. The largest absolute Gasteiger partial charge is 0.465 e. The number of carbonyl (C=O) groups is 3. The zero-order valence-electron chi connectivity index (χ0n) is 13.7. The minimum atomic E-state index is -1.27. The summed E-state index contributed by atoms with van der Waals surface area (Å²) in [4.78, 5) is 34.8. The van der Waals surface area contributed by atoms with E-state index in [0.29, 0.717) is 19.4 Å². The van der Waals surface area contributed by atoms with Gasteiger partial charge in [-0.3, -0.25) is 9.59 Å². The van der Waals surface area contributed by atoms with Crippen molar-refractivity contribution < 1.29 is 24.6 Å². The van der Waals surface area contributed by atoms with Gasteiger partial charge in [0.15, 0.2) is 0 Å². The van der Waals surface area contributed by atoms with E-state index >= 15 is 0 Å². The van der Waals surface area contributed by atoms with E-state index in [1.165, 1.54) is 0 Å². The van der Waals surface area contributed by atoms with Crippen molar-refractivity contribution in [3.8, 4) is 0 Å².